The second kappa shape index (κ2) is 6.54. The number of rotatable bonds is 4. The van der Waals surface area contributed by atoms with Crippen LogP contribution in [0.1, 0.15) is 27.0 Å². The molecule has 0 radical (unpaired) electrons. The topological polar surface area (TPSA) is 93.8 Å². The molecule has 0 saturated carbocycles. The summed E-state index contributed by atoms with van der Waals surface area (Å²) in [6, 6.07) is 12.8. The van der Waals surface area contributed by atoms with E-state index in [2.05, 4.69) is 5.32 Å². The van der Waals surface area contributed by atoms with Gasteiger partial charge in [-0.3, -0.25) is 9.59 Å². The van der Waals surface area contributed by atoms with Gasteiger partial charge in [0.05, 0.1) is 12.1 Å². The van der Waals surface area contributed by atoms with Gasteiger partial charge in [0.15, 0.2) is 11.3 Å². The zero-order valence-electron chi connectivity index (χ0n) is 15.1. The highest BCUT2D eigenvalue weighted by Gasteiger charge is 2.71. The normalized spacial score (nSPS) is 18.2. The zero-order chi connectivity index (χ0) is 20.7. The van der Waals surface area contributed by atoms with Crippen LogP contribution in [0, 0.1) is 42.4 Å². The van der Waals surface area contributed by atoms with Crippen molar-refractivity contribution in [2.45, 2.75) is 25.2 Å². The molecule has 5 nitrogen and oxygen atoms in total. The summed E-state index contributed by atoms with van der Waals surface area (Å²) in [5, 5.41) is 21.3. The van der Waals surface area contributed by atoms with E-state index >= 15 is 8.78 Å². The number of halogens is 2. The lowest BCUT2D eigenvalue weighted by atomic mass is 9.65. The van der Waals surface area contributed by atoms with Gasteiger partial charge in [-0.2, -0.15) is 19.3 Å². The molecule has 0 spiro atoms. The Balaban J connectivity index is 2.37. The van der Waals surface area contributed by atoms with Gasteiger partial charge in [-0.05, 0) is 19.4 Å². The minimum Gasteiger partial charge on any atom is -0.324 e. The summed E-state index contributed by atoms with van der Waals surface area (Å²) in [6.45, 7) is 3.26. The predicted molar refractivity (Wildman–Crippen MR) is 96.7 cm³/mol. The summed E-state index contributed by atoms with van der Waals surface area (Å²) < 4.78 is 31.5. The van der Waals surface area contributed by atoms with Gasteiger partial charge in [0.2, 0.25) is 11.7 Å². The number of nitrogens with one attached hydrogen (secondary N) is 1. The highest BCUT2D eigenvalue weighted by Crippen LogP contribution is 2.54. The van der Waals surface area contributed by atoms with Crippen molar-refractivity contribution in [1.29, 1.82) is 10.5 Å². The van der Waals surface area contributed by atoms with Crippen molar-refractivity contribution in [3.05, 3.63) is 64.7 Å². The molecule has 1 aliphatic heterocycles. The molecule has 0 aliphatic carbocycles. The molecule has 0 unspecified atom stereocenters. The molecule has 0 saturated heterocycles. The summed E-state index contributed by atoms with van der Waals surface area (Å²) >= 11 is 0. The average Bonchev–Trinajstić information content (AvgIpc) is 2.97. The molecule has 0 bridgehead atoms. The Morgan fingerprint density at radius 3 is 2.32 bits per heavy atom. The Morgan fingerprint density at radius 1 is 1.14 bits per heavy atom. The third-order valence-electron chi connectivity index (χ3n) is 5.01. The number of nitrogens with zero attached hydrogens (tertiary/aromatic N) is 2. The first-order valence-electron chi connectivity index (χ1n) is 8.41. The molecule has 1 aliphatic rings. The van der Waals surface area contributed by atoms with Crippen molar-refractivity contribution in [3.8, 4) is 12.1 Å². The number of hydrogen-bond acceptors (Lipinski definition) is 4. The number of carbonyl (C=O) groups is 2. The molecule has 0 aromatic heterocycles. The number of carbonyl (C=O) groups excluding carboxylic acids is 2. The first-order valence-corrected chi connectivity index (χ1v) is 8.41. The van der Waals surface area contributed by atoms with Gasteiger partial charge >= 0.3 is 5.92 Å². The van der Waals surface area contributed by atoms with Crippen LogP contribution in [0.25, 0.3) is 0 Å². The molecule has 0 fully saturated rings. The molecule has 2 aromatic carbocycles. The van der Waals surface area contributed by atoms with Gasteiger partial charge in [-0.15, -0.1) is 0 Å². The Morgan fingerprint density at radius 2 is 1.75 bits per heavy atom. The second-order valence-electron chi connectivity index (χ2n) is 6.73. The first kappa shape index (κ1) is 19.2. The Labute approximate surface area is 160 Å². The quantitative estimate of drug-likeness (QED) is 0.820. The van der Waals surface area contributed by atoms with Gasteiger partial charge in [0, 0.05) is 16.8 Å². The number of hydrogen-bond donors (Lipinski definition) is 1. The molecular formula is C21H15F2N3O2. The van der Waals surface area contributed by atoms with E-state index in [9.17, 15) is 20.1 Å². The van der Waals surface area contributed by atoms with Gasteiger partial charge in [-0.1, -0.05) is 48.0 Å². The summed E-state index contributed by atoms with van der Waals surface area (Å²) in [6.07, 6.45) is 0. The number of amides is 1. The van der Waals surface area contributed by atoms with Crippen LogP contribution in [0.3, 0.4) is 0 Å². The fraction of sp³-hybridized carbons (Fsp3) is 0.238. The van der Waals surface area contributed by atoms with Crippen LogP contribution in [-0.2, 0) is 10.2 Å². The highest BCUT2D eigenvalue weighted by molar-refractivity contribution is 6.15. The van der Waals surface area contributed by atoms with Crippen molar-refractivity contribution in [1.82, 2.24) is 0 Å². The Kier molecular flexibility index (Phi) is 4.48. The lowest BCUT2D eigenvalue weighted by Gasteiger charge is -2.35. The van der Waals surface area contributed by atoms with Gasteiger partial charge < -0.3 is 5.32 Å². The van der Waals surface area contributed by atoms with Crippen LogP contribution in [-0.4, -0.2) is 17.6 Å². The molecule has 2 aromatic rings. The number of Topliss-reactive ketones (excluding diaryl/α,β-unsaturated/α-hetero) is 1. The number of benzene rings is 2. The maximum absolute atomic E-state index is 15.8. The monoisotopic (exact) mass is 379 g/mol. The molecule has 1 heterocycles. The van der Waals surface area contributed by atoms with Crippen molar-refractivity contribution in [2.75, 3.05) is 5.32 Å². The number of ketones is 1. The van der Waals surface area contributed by atoms with Gasteiger partial charge in [0.25, 0.3) is 0 Å². The second-order valence-corrected chi connectivity index (χ2v) is 6.73. The molecule has 7 heteroatoms. The summed E-state index contributed by atoms with van der Waals surface area (Å²) in [7, 11) is 0. The summed E-state index contributed by atoms with van der Waals surface area (Å²) in [5.74, 6) is -9.26. The summed E-state index contributed by atoms with van der Waals surface area (Å²) in [5.41, 5.74) is -2.30. The lowest BCUT2D eigenvalue weighted by molar-refractivity contribution is -0.134. The van der Waals surface area contributed by atoms with Crippen molar-refractivity contribution < 1.29 is 18.4 Å². The number of aryl methyl sites for hydroxylation is 2. The predicted octanol–water partition coefficient (Wildman–Crippen LogP) is 3.67. The van der Waals surface area contributed by atoms with E-state index in [0.717, 1.165) is 0 Å². The average molecular weight is 379 g/mol. The fourth-order valence-electron chi connectivity index (χ4n) is 3.73. The number of anilines is 1. The molecule has 1 N–H and O–H groups in total. The SMILES string of the molecule is Cc1cc(C)c2c(c1)[C@@](C(C#N)C#N)(C(F)(F)C(=O)c1ccccc1)C(=O)N2. The van der Waals surface area contributed by atoms with E-state index < -0.39 is 28.9 Å². The minimum atomic E-state index is -4.33. The number of alkyl halides is 2. The fourth-order valence-corrected chi connectivity index (χ4v) is 3.73. The smallest absolute Gasteiger partial charge is 0.324 e. The largest absolute Gasteiger partial charge is 0.330 e. The maximum Gasteiger partial charge on any atom is 0.330 e. The third kappa shape index (κ3) is 2.40. The van der Waals surface area contributed by atoms with E-state index in [0.29, 0.717) is 11.1 Å². The van der Waals surface area contributed by atoms with Crippen molar-refractivity contribution >= 4 is 17.4 Å². The zero-order valence-corrected chi connectivity index (χ0v) is 15.1. The van der Waals surface area contributed by atoms with E-state index in [1.807, 2.05) is 0 Å². The standard InChI is InChI=1S/C21H15F2N3O2/c1-12-8-13(2)17-16(9-12)20(19(28)26-17,15(10-24)11-25)21(22,23)18(27)14-6-4-3-5-7-14/h3-9,15H,1-2H3,(H,26,28)/t20-/m1/s1. The number of fused-ring (bicyclic) bond motifs is 1. The maximum atomic E-state index is 15.8. The van der Waals surface area contributed by atoms with Gasteiger partial charge in [0.1, 0.15) is 0 Å². The van der Waals surface area contributed by atoms with Crippen molar-refractivity contribution in [2.24, 2.45) is 5.92 Å². The van der Waals surface area contributed by atoms with Crippen LogP contribution in [0.4, 0.5) is 14.5 Å². The first-order chi connectivity index (χ1) is 13.2. The van der Waals surface area contributed by atoms with Crippen LogP contribution in [0.5, 0.6) is 0 Å². The molecule has 140 valence electrons. The highest BCUT2D eigenvalue weighted by atomic mass is 19.3. The Bertz CT molecular complexity index is 1050. The van der Waals surface area contributed by atoms with E-state index in [4.69, 9.17) is 0 Å². The van der Waals surface area contributed by atoms with Crippen molar-refractivity contribution in [3.63, 3.8) is 0 Å². The molecule has 3 rings (SSSR count). The summed E-state index contributed by atoms with van der Waals surface area (Å²) in [4.78, 5) is 25.7. The van der Waals surface area contributed by atoms with Crippen LogP contribution in [0.2, 0.25) is 0 Å². The lowest BCUT2D eigenvalue weighted by Crippen LogP contribution is -2.58. The van der Waals surface area contributed by atoms with Crippen LogP contribution < -0.4 is 5.32 Å². The molecule has 1 amide bonds. The molecule has 28 heavy (non-hydrogen) atoms. The van der Waals surface area contributed by atoms with Crippen LogP contribution in [0.15, 0.2) is 42.5 Å². The minimum absolute atomic E-state index is 0.103. The Hall–Kier alpha value is -3.58. The van der Waals surface area contributed by atoms with E-state index in [1.165, 1.54) is 42.5 Å². The molecule has 1 atom stereocenters. The van der Waals surface area contributed by atoms with Gasteiger partial charge in [-0.25, -0.2) is 0 Å². The third-order valence-corrected chi connectivity index (χ3v) is 5.01. The van der Waals surface area contributed by atoms with E-state index in [1.54, 1.807) is 26.0 Å². The molecular weight excluding hydrogens is 364 g/mol. The van der Waals surface area contributed by atoms with E-state index in [-0.39, 0.29) is 16.8 Å². The number of nitriles is 2. The van der Waals surface area contributed by atoms with Crippen LogP contribution >= 0.6 is 0 Å².